The van der Waals surface area contributed by atoms with Crippen molar-refractivity contribution in [2.24, 2.45) is 0 Å². The SMILES string of the molecule is CCOc1ccc(C(=O)COC(=O)c2ccc(F)cc2Br)cc1. The van der Waals surface area contributed by atoms with Crippen molar-refractivity contribution in [2.45, 2.75) is 6.92 Å². The van der Waals surface area contributed by atoms with Gasteiger partial charge < -0.3 is 9.47 Å². The third-order valence-corrected chi connectivity index (χ3v) is 3.63. The molecule has 2 aromatic carbocycles. The molecular formula is C17H14BrFO4. The largest absolute Gasteiger partial charge is 0.494 e. The van der Waals surface area contributed by atoms with Crippen LogP contribution in [0.15, 0.2) is 46.9 Å². The molecule has 0 aliphatic rings. The van der Waals surface area contributed by atoms with Crippen LogP contribution < -0.4 is 4.74 Å². The number of halogens is 2. The van der Waals surface area contributed by atoms with E-state index in [2.05, 4.69) is 15.9 Å². The van der Waals surface area contributed by atoms with Gasteiger partial charge >= 0.3 is 5.97 Å². The third-order valence-electron chi connectivity index (χ3n) is 2.97. The molecule has 0 saturated heterocycles. The molecule has 4 nitrogen and oxygen atoms in total. The normalized spacial score (nSPS) is 10.2. The van der Waals surface area contributed by atoms with Crippen LogP contribution in [0.25, 0.3) is 0 Å². The Kier molecular flexibility index (Phi) is 5.87. The van der Waals surface area contributed by atoms with E-state index < -0.39 is 18.4 Å². The van der Waals surface area contributed by atoms with E-state index in [1.54, 1.807) is 24.3 Å². The number of carbonyl (C=O) groups excluding carboxylic acids is 2. The topological polar surface area (TPSA) is 52.6 Å². The van der Waals surface area contributed by atoms with Crippen LogP contribution in [0.3, 0.4) is 0 Å². The van der Waals surface area contributed by atoms with Crippen LogP contribution in [0.4, 0.5) is 4.39 Å². The lowest BCUT2D eigenvalue weighted by atomic mass is 10.1. The Labute approximate surface area is 141 Å². The van der Waals surface area contributed by atoms with Gasteiger partial charge in [-0.2, -0.15) is 0 Å². The van der Waals surface area contributed by atoms with Gasteiger partial charge in [-0.3, -0.25) is 4.79 Å². The lowest BCUT2D eigenvalue weighted by molar-refractivity contribution is 0.0473. The van der Waals surface area contributed by atoms with Gasteiger partial charge in [0.1, 0.15) is 11.6 Å². The first kappa shape index (κ1) is 17.1. The molecule has 0 bridgehead atoms. The van der Waals surface area contributed by atoms with Crippen LogP contribution in [0.5, 0.6) is 5.75 Å². The highest BCUT2D eigenvalue weighted by molar-refractivity contribution is 9.10. The van der Waals surface area contributed by atoms with Gasteiger partial charge in [0.05, 0.1) is 12.2 Å². The summed E-state index contributed by atoms with van der Waals surface area (Å²) in [5.74, 6) is -0.842. The smallest absolute Gasteiger partial charge is 0.339 e. The van der Waals surface area contributed by atoms with E-state index in [0.717, 1.165) is 12.1 Å². The van der Waals surface area contributed by atoms with E-state index >= 15 is 0 Å². The highest BCUT2D eigenvalue weighted by atomic mass is 79.9. The zero-order valence-electron chi connectivity index (χ0n) is 12.3. The van der Waals surface area contributed by atoms with Crippen LogP contribution >= 0.6 is 15.9 Å². The zero-order valence-corrected chi connectivity index (χ0v) is 13.9. The monoisotopic (exact) mass is 380 g/mol. The summed E-state index contributed by atoms with van der Waals surface area (Å²) in [6.07, 6.45) is 0. The summed E-state index contributed by atoms with van der Waals surface area (Å²) in [5.41, 5.74) is 0.574. The molecule has 0 atom stereocenters. The lowest BCUT2D eigenvalue weighted by Gasteiger charge is -2.07. The fourth-order valence-corrected chi connectivity index (χ4v) is 2.36. The highest BCUT2D eigenvalue weighted by Gasteiger charge is 2.15. The van der Waals surface area contributed by atoms with Crippen molar-refractivity contribution < 1.29 is 23.5 Å². The van der Waals surface area contributed by atoms with E-state index in [0.29, 0.717) is 17.9 Å². The molecule has 0 aromatic heterocycles. The maximum atomic E-state index is 13.0. The third kappa shape index (κ3) is 4.63. The fourth-order valence-electron chi connectivity index (χ4n) is 1.85. The second-order valence-corrected chi connectivity index (χ2v) is 5.44. The Bertz CT molecular complexity index is 713. The van der Waals surface area contributed by atoms with Crippen LogP contribution in [0.1, 0.15) is 27.6 Å². The molecule has 0 aliphatic heterocycles. The summed E-state index contributed by atoms with van der Waals surface area (Å²) in [7, 11) is 0. The Morgan fingerprint density at radius 1 is 1.13 bits per heavy atom. The molecule has 0 spiro atoms. The minimum atomic E-state index is -0.698. The number of Topliss-reactive ketones (excluding diaryl/α,β-unsaturated/α-hetero) is 1. The summed E-state index contributed by atoms with van der Waals surface area (Å²) < 4.78 is 23.5. The van der Waals surface area contributed by atoms with Crippen molar-refractivity contribution in [3.05, 3.63) is 63.9 Å². The fraction of sp³-hybridized carbons (Fsp3) is 0.176. The quantitative estimate of drug-likeness (QED) is 0.560. The summed E-state index contributed by atoms with van der Waals surface area (Å²) in [6.45, 7) is 2.01. The Morgan fingerprint density at radius 3 is 2.43 bits per heavy atom. The van der Waals surface area contributed by atoms with Gasteiger partial charge in [0.25, 0.3) is 0 Å². The number of rotatable bonds is 6. The molecule has 0 unspecified atom stereocenters. The molecule has 0 heterocycles. The molecule has 0 aliphatic carbocycles. The second-order valence-electron chi connectivity index (χ2n) is 4.58. The average molecular weight is 381 g/mol. The Hall–Kier alpha value is -2.21. The maximum absolute atomic E-state index is 13.0. The predicted molar refractivity (Wildman–Crippen MR) is 86.3 cm³/mol. The first-order chi connectivity index (χ1) is 11.0. The van der Waals surface area contributed by atoms with Gasteiger partial charge in [0.2, 0.25) is 0 Å². The highest BCUT2D eigenvalue weighted by Crippen LogP contribution is 2.19. The van der Waals surface area contributed by atoms with Crippen LogP contribution in [-0.4, -0.2) is 25.0 Å². The van der Waals surface area contributed by atoms with E-state index in [9.17, 15) is 14.0 Å². The van der Waals surface area contributed by atoms with Crippen molar-refractivity contribution in [3.8, 4) is 5.75 Å². The molecule has 0 radical (unpaired) electrons. The standard InChI is InChI=1S/C17H14BrFO4/c1-2-22-13-6-3-11(4-7-13)16(20)10-23-17(21)14-8-5-12(19)9-15(14)18/h3-9H,2,10H2,1H3. The molecule has 120 valence electrons. The van der Waals surface area contributed by atoms with Crippen LogP contribution in [0.2, 0.25) is 0 Å². The maximum Gasteiger partial charge on any atom is 0.339 e. The van der Waals surface area contributed by atoms with Gasteiger partial charge in [-0.15, -0.1) is 0 Å². The first-order valence-electron chi connectivity index (χ1n) is 6.89. The van der Waals surface area contributed by atoms with Gasteiger partial charge in [-0.25, -0.2) is 9.18 Å². The molecular weight excluding hydrogens is 367 g/mol. The van der Waals surface area contributed by atoms with Crippen molar-refractivity contribution >= 4 is 27.7 Å². The van der Waals surface area contributed by atoms with Gasteiger partial charge in [-0.05, 0) is 65.3 Å². The van der Waals surface area contributed by atoms with Gasteiger partial charge in [-0.1, -0.05) is 0 Å². The lowest BCUT2D eigenvalue weighted by Crippen LogP contribution is -2.14. The summed E-state index contributed by atoms with van der Waals surface area (Å²) >= 11 is 3.08. The minimum Gasteiger partial charge on any atom is -0.494 e. The summed E-state index contributed by atoms with van der Waals surface area (Å²) in [4.78, 5) is 23.9. The molecule has 23 heavy (non-hydrogen) atoms. The molecule has 6 heteroatoms. The zero-order chi connectivity index (χ0) is 16.8. The van der Waals surface area contributed by atoms with E-state index in [1.807, 2.05) is 6.92 Å². The molecule has 2 rings (SSSR count). The number of esters is 1. The van der Waals surface area contributed by atoms with Crippen LogP contribution in [0, 0.1) is 5.82 Å². The number of benzene rings is 2. The van der Waals surface area contributed by atoms with Crippen LogP contribution in [-0.2, 0) is 4.74 Å². The second kappa shape index (κ2) is 7.87. The Balaban J connectivity index is 1.96. The van der Waals surface area contributed by atoms with E-state index in [1.165, 1.54) is 6.07 Å². The van der Waals surface area contributed by atoms with Crippen molar-refractivity contribution in [3.63, 3.8) is 0 Å². The number of ketones is 1. The summed E-state index contributed by atoms with van der Waals surface area (Å²) in [5, 5.41) is 0. The van der Waals surface area contributed by atoms with Crippen molar-refractivity contribution in [1.82, 2.24) is 0 Å². The number of hydrogen-bond donors (Lipinski definition) is 0. The van der Waals surface area contributed by atoms with Gasteiger partial charge in [0.15, 0.2) is 12.4 Å². The Morgan fingerprint density at radius 2 is 1.83 bits per heavy atom. The first-order valence-corrected chi connectivity index (χ1v) is 7.68. The molecule has 0 saturated carbocycles. The number of carbonyl (C=O) groups is 2. The van der Waals surface area contributed by atoms with E-state index in [-0.39, 0.29) is 15.8 Å². The van der Waals surface area contributed by atoms with E-state index in [4.69, 9.17) is 9.47 Å². The predicted octanol–water partition coefficient (Wildman–Crippen LogP) is 4.03. The van der Waals surface area contributed by atoms with Crippen molar-refractivity contribution in [2.75, 3.05) is 13.2 Å². The molecule has 2 aromatic rings. The number of hydrogen-bond acceptors (Lipinski definition) is 4. The molecule has 0 fully saturated rings. The molecule has 0 N–H and O–H groups in total. The number of ether oxygens (including phenoxy) is 2. The van der Waals surface area contributed by atoms with Gasteiger partial charge in [0, 0.05) is 10.0 Å². The van der Waals surface area contributed by atoms with Crippen molar-refractivity contribution in [1.29, 1.82) is 0 Å². The molecule has 0 amide bonds. The average Bonchev–Trinajstić information content (AvgIpc) is 2.53. The summed E-state index contributed by atoms with van der Waals surface area (Å²) in [6, 6.07) is 10.2. The minimum absolute atomic E-state index is 0.158.